The van der Waals surface area contributed by atoms with Crippen LogP contribution in [0.1, 0.15) is 37.6 Å². The summed E-state index contributed by atoms with van der Waals surface area (Å²) in [6, 6.07) is 4.76. The van der Waals surface area contributed by atoms with Gasteiger partial charge in [0.2, 0.25) is 0 Å². The number of ketones is 2. The van der Waals surface area contributed by atoms with E-state index in [-0.39, 0.29) is 24.3 Å². The quantitative estimate of drug-likeness (QED) is 0.252. The smallest absolute Gasteiger partial charge is 0.327 e. The predicted octanol–water partition coefficient (Wildman–Crippen LogP) is 2.33. The Labute approximate surface area is 127 Å². The zero-order valence-electron chi connectivity index (χ0n) is 12.6. The Hall–Kier alpha value is -2.57. The molecule has 1 unspecified atom stereocenters. The highest BCUT2D eigenvalue weighted by molar-refractivity contribution is 6.26. The lowest BCUT2D eigenvalue weighted by Crippen LogP contribution is -2.46. The summed E-state index contributed by atoms with van der Waals surface area (Å²) in [5.41, 5.74) is -2.04. The molecule has 0 radical (unpaired) electrons. The fourth-order valence-corrected chi connectivity index (χ4v) is 2.19. The Kier molecular flexibility index (Phi) is 5.50. The number of nitro benzene ring substituents is 1. The Morgan fingerprint density at radius 3 is 2.09 bits per heavy atom. The van der Waals surface area contributed by atoms with Crippen LogP contribution in [-0.2, 0) is 14.3 Å². The van der Waals surface area contributed by atoms with Gasteiger partial charge in [0.15, 0.2) is 17.0 Å². The van der Waals surface area contributed by atoms with E-state index in [0.29, 0.717) is 0 Å². The van der Waals surface area contributed by atoms with Crippen LogP contribution in [0.4, 0.5) is 5.69 Å². The molecular formula is C15H17NO6. The minimum atomic E-state index is -1.91. The largest absolute Gasteiger partial charge is 0.465 e. The molecule has 0 aliphatic rings. The van der Waals surface area contributed by atoms with Gasteiger partial charge in [-0.25, -0.2) is 0 Å². The van der Waals surface area contributed by atoms with Crippen LogP contribution in [0.3, 0.4) is 0 Å². The van der Waals surface area contributed by atoms with Crippen LogP contribution in [0.5, 0.6) is 0 Å². The van der Waals surface area contributed by atoms with Crippen LogP contribution < -0.4 is 0 Å². The first-order chi connectivity index (χ1) is 10.3. The summed E-state index contributed by atoms with van der Waals surface area (Å²) in [4.78, 5) is 46.8. The van der Waals surface area contributed by atoms with Crippen LogP contribution in [0.15, 0.2) is 24.3 Å². The maximum absolute atomic E-state index is 12.6. The van der Waals surface area contributed by atoms with Gasteiger partial charge in [-0.15, -0.1) is 0 Å². The molecule has 0 fully saturated rings. The maximum Gasteiger partial charge on any atom is 0.327 e. The van der Waals surface area contributed by atoms with Crippen LogP contribution in [-0.4, -0.2) is 29.1 Å². The van der Waals surface area contributed by atoms with Gasteiger partial charge in [0, 0.05) is 17.7 Å². The van der Waals surface area contributed by atoms with E-state index in [9.17, 15) is 24.5 Å². The van der Waals surface area contributed by atoms with Crippen molar-refractivity contribution in [1.82, 2.24) is 0 Å². The number of esters is 1. The molecule has 0 aliphatic heterocycles. The highest BCUT2D eigenvalue weighted by Gasteiger charge is 2.50. The molecule has 7 nitrogen and oxygen atoms in total. The van der Waals surface area contributed by atoms with Crippen molar-refractivity contribution in [1.29, 1.82) is 0 Å². The molecule has 1 aromatic carbocycles. The van der Waals surface area contributed by atoms with Gasteiger partial charge >= 0.3 is 5.97 Å². The normalized spacial score (nSPS) is 13.0. The van der Waals surface area contributed by atoms with Crippen molar-refractivity contribution in [3.63, 3.8) is 0 Å². The summed E-state index contributed by atoms with van der Waals surface area (Å²) in [6.07, 6.45) is -0.0447. The molecule has 0 N–H and O–H groups in total. The second-order valence-corrected chi connectivity index (χ2v) is 4.67. The van der Waals surface area contributed by atoms with Gasteiger partial charge in [-0.2, -0.15) is 0 Å². The molecule has 0 amide bonds. The monoisotopic (exact) mass is 307 g/mol. The number of Topliss-reactive ketones (excluding diaryl/α,β-unsaturated/α-hetero) is 2. The second-order valence-electron chi connectivity index (χ2n) is 4.67. The standard InChI is InChI=1S/C15H17NO6/c1-4-15(10(3)17,14(19)22-5-2)13(18)11-6-8-12(9-7-11)16(20)21/h6-9H,4-5H2,1-3H3. The SMILES string of the molecule is CCOC(=O)C(CC)(C(C)=O)C(=O)c1ccc([N+](=O)[O-])cc1. The number of non-ortho nitro benzene ring substituents is 1. The Morgan fingerprint density at radius 1 is 1.18 bits per heavy atom. The molecule has 22 heavy (non-hydrogen) atoms. The summed E-state index contributed by atoms with van der Waals surface area (Å²) >= 11 is 0. The minimum absolute atomic E-state index is 0.0431. The molecule has 0 heterocycles. The molecule has 1 atom stereocenters. The number of nitrogens with zero attached hydrogens (tertiary/aromatic N) is 1. The number of nitro groups is 1. The Morgan fingerprint density at radius 2 is 1.73 bits per heavy atom. The van der Waals surface area contributed by atoms with E-state index in [1.807, 2.05) is 0 Å². The van der Waals surface area contributed by atoms with Crippen molar-refractivity contribution in [2.24, 2.45) is 5.41 Å². The summed E-state index contributed by atoms with van der Waals surface area (Å²) < 4.78 is 4.88. The topological polar surface area (TPSA) is 104 Å². The van der Waals surface area contributed by atoms with Crippen molar-refractivity contribution in [2.75, 3.05) is 6.61 Å². The van der Waals surface area contributed by atoms with Crippen molar-refractivity contribution < 1.29 is 24.0 Å². The Bertz CT molecular complexity index is 607. The predicted molar refractivity (Wildman–Crippen MR) is 77.5 cm³/mol. The van der Waals surface area contributed by atoms with Crippen LogP contribution in [0.2, 0.25) is 0 Å². The van der Waals surface area contributed by atoms with E-state index >= 15 is 0 Å². The van der Waals surface area contributed by atoms with Crippen LogP contribution in [0, 0.1) is 15.5 Å². The molecule has 0 saturated carbocycles. The van der Waals surface area contributed by atoms with E-state index in [0.717, 1.165) is 19.1 Å². The molecular weight excluding hydrogens is 290 g/mol. The second kappa shape index (κ2) is 6.93. The van der Waals surface area contributed by atoms with Gasteiger partial charge in [-0.1, -0.05) is 6.92 Å². The highest BCUT2D eigenvalue weighted by Crippen LogP contribution is 2.31. The van der Waals surface area contributed by atoms with Gasteiger partial charge in [0.05, 0.1) is 11.5 Å². The lowest BCUT2D eigenvalue weighted by molar-refractivity contribution is -0.384. The minimum Gasteiger partial charge on any atom is -0.465 e. The van der Waals surface area contributed by atoms with Crippen molar-refractivity contribution >= 4 is 23.2 Å². The van der Waals surface area contributed by atoms with E-state index in [4.69, 9.17) is 4.74 Å². The molecule has 118 valence electrons. The van der Waals surface area contributed by atoms with Crippen molar-refractivity contribution in [3.05, 3.63) is 39.9 Å². The number of hydrogen-bond acceptors (Lipinski definition) is 6. The van der Waals surface area contributed by atoms with Crippen molar-refractivity contribution in [3.8, 4) is 0 Å². The molecule has 1 aromatic rings. The summed E-state index contributed by atoms with van der Waals surface area (Å²) in [5, 5.41) is 10.6. The average molecular weight is 307 g/mol. The highest BCUT2D eigenvalue weighted by atomic mass is 16.6. The number of ether oxygens (including phenoxy) is 1. The van der Waals surface area contributed by atoms with Crippen LogP contribution in [0.25, 0.3) is 0 Å². The summed E-state index contributed by atoms with van der Waals surface area (Å²) in [7, 11) is 0. The number of rotatable bonds is 7. The van der Waals surface area contributed by atoms with Gasteiger partial charge in [-0.05, 0) is 32.4 Å². The van der Waals surface area contributed by atoms with E-state index in [2.05, 4.69) is 0 Å². The molecule has 0 spiro atoms. The molecule has 1 rings (SSSR count). The molecule has 0 aromatic heterocycles. The van der Waals surface area contributed by atoms with Gasteiger partial charge in [0.25, 0.3) is 5.69 Å². The number of carbonyl (C=O) groups excluding carboxylic acids is 3. The van der Waals surface area contributed by atoms with Gasteiger partial charge in [-0.3, -0.25) is 24.5 Å². The third-order valence-corrected chi connectivity index (χ3v) is 3.48. The fourth-order valence-electron chi connectivity index (χ4n) is 2.19. The average Bonchev–Trinajstić information content (AvgIpc) is 2.48. The molecule has 7 heteroatoms. The van der Waals surface area contributed by atoms with Gasteiger partial charge < -0.3 is 4.74 Å². The first kappa shape index (κ1) is 17.5. The molecule has 0 aliphatic carbocycles. The summed E-state index contributed by atoms with van der Waals surface area (Å²) in [6.45, 7) is 4.32. The van der Waals surface area contributed by atoms with Gasteiger partial charge in [0.1, 0.15) is 0 Å². The lowest BCUT2D eigenvalue weighted by Gasteiger charge is -2.26. The van der Waals surface area contributed by atoms with E-state index < -0.39 is 27.9 Å². The lowest BCUT2D eigenvalue weighted by atomic mass is 9.75. The summed E-state index contributed by atoms with van der Waals surface area (Å²) in [5.74, 6) is -2.22. The third-order valence-electron chi connectivity index (χ3n) is 3.48. The fraction of sp³-hybridized carbons (Fsp3) is 0.400. The van der Waals surface area contributed by atoms with E-state index in [1.165, 1.54) is 12.1 Å². The van der Waals surface area contributed by atoms with E-state index in [1.54, 1.807) is 13.8 Å². The molecule has 0 saturated heterocycles. The number of benzene rings is 1. The van der Waals surface area contributed by atoms with Crippen molar-refractivity contribution in [2.45, 2.75) is 27.2 Å². The zero-order chi connectivity index (χ0) is 16.9. The Balaban J connectivity index is 3.30. The third kappa shape index (κ3) is 3.03. The number of hydrogen-bond donors (Lipinski definition) is 0. The zero-order valence-corrected chi connectivity index (χ0v) is 12.6. The number of carbonyl (C=O) groups is 3. The molecule has 0 bridgehead atoms. The first-order valence-electron chi connectivity index (χ1n) is 6.78. The van der Waals surface area contributed by atoms with Crippen LogP contribution >= 0.6 is 0 Å². The first-order valence-corrected chi connectivity index (χ1v) is 6.78. The maximum atomic E-state index is 12.6.